The highest BCUT2D eigenvalue weighted by atomic mass is 79.9. The van der Waals surface area contributed by atoms with Gasteiger partial charge in [0.05, 0.1) is 22.0 Å². The normalized spacial score (nSPS) is 10.6. The van der Waals surface area contributed by atoms with E-state index in [1.165, 1.54) is 0 Å². The van der Waals surface area contributed by atoms with Crippen molar-refractivity contribution in [2.75, 3.05) is 0 Å². The Bertz CT molecular complexity index is 1140. The predicted octanol–water partition coefficient (Wildman–Crippen LogP) is 6.17. The summed E-state index contributed by atoms with van der Waals surface area (Å²) in [5, 5.41) is 5.13. The van der Waals surface area contributed by atoms with Gasteiger partial charge in [0.25, 0.3) is 0 Å². The van der Waals surface area contributed by atoms with Crippen molar-refractivity contribution < 1.29 is 9.53 Å². The summed E-state index contributed by atoms with van der Waals surface area (Å²) in [4.78, 5) is 12.7. The highest BCUT2D eigenvalue weighted by Gasteiger charge is 2.18. The first-order chi connectivity index (χ1) is 13.6. The molecule has 1 aromatic heterocycles. The molecule has 0 radical (unpaired) electrons. The lowest BCUT2D eigenvalue weighted by molar-refractivity contribution is 0.0723. The fourth-order valence-electron chi connectivity index (χ4n) is 2.75. The fourth-order valence-corrected chi connectivity index (χ4v) is 3.37. The maximum Gasteiger partial charge on any atom is 0.344 e. The van der Waals surface area contributed by atoms with Crippen LogP contribution in [0.3, 0.4) is 0 Å². The molecule has 0 aliphatic heterocycles. The smallest absolute Gasteiger partial charge is 0.344 e. The van der Waals surface area contributed by atoms with Crippen LogP contribution in [-0.2, 0) is 0 Å². The first-order valence-corrected chi connectivity index (χ1v) is 9.67. The number of halogens is 2. The fraction of sp³-hybridized carbons (Fsp3) is 0. The van der Waals surface area contributed by atoms with Crippen molar-refractivity contribution in [1.29, 1.82) is 0 Å². The van der Waals surface area contributed by atoms with E-state index in [0.717, 1.165) is 10.0 Å². The van der Waals surface area contributed by atoms with E-state index in [1.54, 1.807) is 35.0 Å². The molecule has 4 rings (SSSR count). The van der Waals surface area contributed by atoms with Crippen molar-refractivity contribution >= 4 is 33.5 Å². The zero-order chi connectivity index (χ0) is 19.5. The van der Waals surface area contributed by atoms with Crippen LogP contribution in [0.15, 0.2) is 89.4 Å². The van der Waals surface area contributed by atoms with Gasteiger partial charge in [-0.05, 0) is 30.3 Å². The van der Waals surface area contributed by atoms with Gasteiger partial charge in [0, 0.05) is 16.1 Å². The molecule has 138 valence electrons. The van der Waals surface area contributed by atoms with Crippen molar-refractivity contribution in [2.24, 2.45) is 0 Å². The van der Waals surface area contributed by atoms with Crippen LogP contribution in [0, 0.1) is 0 Å². The molecule has 4 aromatic rings. The number of rotatable bonds is 4. The van der Waals surface area contributed by atoms with Crippen LogP contribution in [0.25, 0.3) is 16.9 Å². The molecular weight excluding hydrogens is 440 g/mol. The molecule has 1 heterocycles. The van der Waals surface area contributed by atoms with Crippen LogP contribution in [0.4, 0.5) is 0 Å². The number of nitrogens with zero attached hydrogens (tertiary/aromatic N) is 2. The highest BCUT2D eigenvalue weighted by Crippen LogP contribution is 2.30. The van der Waals surface area contributed by atoms with Crippen LogP contribution in [0.2, 0.25) is 5.02 Å². The van der Waals surface area contributed by atoms with Gasteiger partial charge in [0.15, 0.2) is 0 Å². The number of benzene rings is 3. The third-order valence-corrected chi connectivity index (χ3v) is 4.90. The Labute approximate surface area is 175 Å². The van der Waals surface area contributed by atoms with Gasteiger partial charge in [-0.3, -0.25) is 0 Å². The van der Waals surface area contributed by atoms with Crippen LogP contribution in [-0.4, -0.2) is 15.7 Å². The summed E-state index contributed by atoms with van der Waals surface area (Å²) in [6, 6.07) is 25.7. The molecule has 4 nitrogen and oxygen atoms in total. The Kier molecular flexibility index (Phi) is 5.28. The Balaban J connectivity index is 1.77. The zero-order valence-electron chi connectivity index (χ0n) is 14.5. The summed E-state index contributed by atoms with van der Waals surface area (Å²) in [6.07, 6.45) is 0. The SMILES string of the molecule is O=C(Oc1cc(-c2ccccc2)nn1-c1ccccc1Cl)c1cccc(Br)c1. The van der Waals surface area contributed by atoms with Crippen molar-refractivity contribution in [3.05, 3.63) is 100.0 Å². The summed E-state index contributed by atoms with van der Waals surface area (Å²) in [5.74, 6) is -0.189. The molecule has 6 heteroatoms. The van der Waals surface area contributed by atoms with E-state index >= 15 is 0 Å². The molecule has 0 atom stereocenters. The van der Waals surface area contributed by atoms with E-state index in [0.29, 0.717) is 22.0 Å². The monoisotopic (exact) mass is 452 g/mol. The average Bonchev–Trinajstić information content (AvgIpc) is 3.12. The van der Waals surface area contributed by atoms with E-state index in [9.17, 15) is 4.79 Å². The van der Waals surface area contributed by atoms with E-state index in [-0.39, 0.29) is 5.88 Å². The second-order valence-electron chi connectivity index (χ2n) is 6.00. The molecule has 28 heavy (non-hydrogen) atoms. The molecule has 0 amide bonds. The molecule has 0 unspecified atom stereocenters. The Morgan fingerprint density at radius 1 is 0.929 bits per heavy atom. The third-order valence-electron chi connectivity index (χ3n) is 4.08. The quantitative estimate of drug-likeness (QED) is 0.347. The minimum absolute atomic E-state index is 0.289. The van der Waals surface area contributed by atoms with Crippen molar-refractivity contribution in [2.45, 2.75) is 0 Å². The lowest BCUT2D eigenvalue weighted by atomic mass is 10.2. The van der Waals surface area contributed by atoms with Crippen LogP contribution in [0.5, 0.6) is 5.88 Å². The highest BCUT2D eigenvalue weighted by molar-refractivity contribution is 9.10. The van der Waals surface area contributed by atoms with Gasteiger partial charge in [0.1, 0.15) is 0 Å². The van der Waals surface area contributed by atoms with Crippen molar-refractivity contribution in [1.82, 2.24) is 9.78 Å². The number of carbonyl (C=O) groups excluding carboxylic acids is 1. The Morgan fingerprint density at radius 2 is 1.68 bits per heavy atom. The summed E-state index contributed by atoms with van der Waals surface area (Å²) in [5.41, 5.74) is 2.65. The van der Waals surface area contributed by atoms with E-state index in [4.69, 9.17) is 16.3 Å². The summed E-state index contributed by atoms with van der Waals surface area (Å²) in [6.45, 7) is 0. The molecule has 0 fully saturated rings. The largest absolute Gasteiger partial charge is 0.404 e. The summed E-state index contributed by atoms with van der Waals surface area (Å²) >= 11 is 9.72. The molecule has 3 aromatic carbocycles. The molecule has 0 N–H and O–H groups in total. The van der Waals surface area contributed by atoms with Gasteiger partial charge in [-0.15, -0.1) is 0 Å². The van der Waals surface area contributed by atoms with Gasteiger partial charge >= 0.3 is 5.97 Å². The van der Waals surface area contributed by atoms with Gasteiger partial charge < -0.3 is 4.74 Å². The van der Waals surface area contributed by atoms with Gasteiger partial charge in [-0.25, -0.2) is 4.79 Å². The number of ether oxygens (including phenoxy) is 1. The topological polar surface area (TPSA) is 44.1 Å². The van der Waals surface area contributed by atoms with Crippen LogP contribution >= 0.6 is 27.5 Å². The lowest BCUT2D eigenvalue weighted by Gasteiger charge is -2.09. The zero-order valence-corrected chi connectivity index (χ0v) is 16.9. The van der Waals surface area contributed by atoms with Gasteiger partial charge in [-0.2, -0.15) is 9.78 Å². The number of hydrogen-bond donors (Lipinski definition) is 0. The average molecular weight is 454 g/mol. The van der Waals surface area contributed by atoms with E-state index in [1.807, 2.05) is 54.6 Å². The standard InChI is InChI=1S/C22H14BrClN2O2/c23-17-10-6-9-16(13-17)22(27)28-21-14-19(15-7-2-1-3-8-15)25-26(21)20-12-5-4-11-18(20)24/h1-14H. The summed E-state index contributed by atoms with van der Waals surface area (Å²) < 4.78 is 8.02. The van der Waals surface area contributed by atoms with E-state index < -0.39 is 5.97 Å². The maximum atomic E-state index is 12.7. The number of hydrogen-bond acceptors (Lipinski definition) is 3. The van der Waals surface area contributed by atoms with Gasteiger partial charge in [-0.1, -0.05) is 76.1 Å². The molecule has 0 saturated heterocycles. The Morgan fingerprint density at radius 3 is 2.43 bits per heavy atom. The minimum atomic E-state index is -0.478. The molecule has 0 spiro atoms. The van der Waals surface area contributed by atoms with Crippen LogP contribution < -0.4 is 4.74 Å². The summed E-state index contributed by atoms with van der Waals surface area (Å²) in [7, 11) is 0. The van der Waals surface area contributed by atoms with Crippen molar-refractivity contribution in [3.63, 3.8) is 0 Å². The second-order valence-corrected chi connectivity index (χ2v) is 7.32. The number of para-hydroxylation sites is 1. The lowest BCUT2D eigenvalue weighted by Crippen LogP contribution is -2.12. The van der Waals surface area contributed by atoms with Crippen LogP contribution in [0.1, 0.15) is 10.4 Å². The molecular formula is C22H14BrClN2O2. The Hall–Kier alpha value is -2.89. The maximum absolute atomic E-state index is 12.7. The predicted molar refractivity (Wildman–Crippen MR) is 113 cm³/mol. The van der Waals surface area contributed by atoms with Crippen molar-refractivity contribution in [3.8, 4) is 22.8 Å². The molecule has 0 aliphatic carbocycles. The first kappa shape index (κ1) is 18.5. The number of aromatic nitrogens is 2. The molecule has 0 saturated carbocycles. The third kappa shape index (κ3) is 3.86. The first-order valence-electron chi connectivity index (χ1n) is 8.50. The molecule has 0 bridgehead atoms. The minimum Gasteiger partial charge on any atom is -0.404 e. The number of esters is 1. The van der Waals surface area contributed by atoms with E-state index in [2.05, 4.69) is 21.0 Å². The second kappa shape index (κ2) is 8.00. The molecule has 0 aliphatic rings. The van der Waals surface area contributed by atoms with Gasteiger partial charge in [0.2, 0.25) is 5.88 Å². The number of carbonyl (C=O) groups is 1.